The summed E-state index contributed by atoms with van der Waals surface area (Å²) < 4.78 is 0. The summed E-state index contributed by atoms with van der Waals surface area (Å²) in [5.41, 5.74) is 0.801. The second-order valence-corrected chi connectivity index (χ2v) is 6.54. The number of carbonyl (C=O) groups excluding carboxylic acids is 3. The van der Waals surface area contributed by atoms with Gasteiger partial charge < -0.3 is 5.32 Å². The molecule has 2 atom stereocenters. The number of halogens is 1. The van der Waals surface area contributed by atoms with Crippen molar-refractivity contribution in [3.63, 3.8) is 0 Å². The van der Waals surface area contributed by atoms with E-state index in [1.165, 1.54) is 0 Å². The average Bonchev–Trinajstić information content (AvgIpc) is 2.80. The smallest absolute Gasteiger partial charge is 0.240 e. The third-order valence-corrected chi connectivity index (χ3v) is 5.04. The SMILES string of the molecule is O=C(CN1C(=O)[C@@H]2CCCC[C@H]2C1=O)NCc1ccccc1Cl. The predicted molar refractivity (Wildman–Crippen MR) is 85.5 cm³/mol. The Balaban J connectivity index is 1.58. The van der Waals surface area contributed by atoms with Crippen LogP contribution in [-0.4, -0.2) is 29.2 Å². The molecule has 0 bridgehead atoms. The molecule has 1 aliphatic carbocycles. The molecule has 1 aromatic carbocycles. The van der Waals surface area contributed by atoms with Gasteiger partial charge in [0.05, 0.1) is 11.8 Å². The van der Waals surface area contributed by atoms with Crippen LogP contribution >= 0.6 is 11.6 Å². The van der Waals surface area contributed by atoms with Crippen molar-refractivity contribution in [2.75, 3.05) is 6.54 Å². The molecule has 0 aromatic heterocycles. The van der Waals surface area contributed by atoms with E-state index in [-0.39, 0.29) is 42.6 Å². The summed E-state index contributed by atoms with van der Waals surface area (Å²) in [5.74, 6) is -1.15. The molecule has 2 fully saturated rings. The van der Waals surface area contributed by atoms with Crippen LogP contribution in [0, 0.1) is 11.8 Å². The van der Waals surface area contributed by atoms with Crippen LogP contribution in [-0.2, 0) is 20.9 Å². The number of likely N-dealkylation sites (tertiary alicyclic amines) is 1. The van der Waals surface area contributed by atoms with Gasteiger partial charge in [0.1, 0.15) is 6.54 Å². The van der Waals surface area contributed by atoms with Gasteiger partial charge in [0.2, 0.25) is 17.7 Å². The first-order chi connectivity index (χ1) is 11.1. The summed E-state index contributed by atoms with van der Waals surface area (Å²) in [4.78, 5) is 37.8. The van der Waals surface area contributed by atoms with Gasteiger partial charge in [-0.3, -0.25) is 19.3 Å². The minimum absolute atomic E-state index is 0.187. The van der Waals surface area contributed by atoms with E-state index in [0.717, 1.165) is 36.1 Å². The average molecular weight is 335 g/mol. The topological polar surface area (TPSA) is 66.5 Å². The molecule has 3 rings (SSSR count). The fraction of sp³-hybridized carbons (Fsp3) is 0.471. The first kappa shape index (κ1) is 16.0. The van der Waals surface area contributed by atoms with Crippen molar-refractivity contribution >= 4 is 29.3 Å². The second kappa shape index (κ2) is 6.71. The highest BCUT2D eigenvalue weighted by Crippen LogP contribution is 2.37. The highest BCUT2D eigenvalue weighted by molar-refractivity contribution is 6.31. The Bertz CT molecular complexity index is 622. The molecule has 1 aliphatic heterocycles. The molecule has 1 aromatic rings. The van der Waals surface area contributed by atoms with Crippen LogP contribution in [0.2, 0.25) is 5.02 Å². The molecule has 5 nitrogen and oxygen atoms in total. The van der Waals surface area contributed by atoms with E-state index in [4.69, 9.17) is 11.6 Å². The van der Waals surface area contributed by atoms with Gasteiger partial charge in [-0.2, -0.15) is 0 Å². The summed E-state index contributed by atoms with van der Waals surface area (Å²) >= 11 is 6.04. The van der Waals surface area contributed by atoms with Crippen molar-refractivity contribution in [3.05, 3.63) is 34.9 Å². The molecular formula is C17H19ClN2O3. The quantitative estimate of drug-likeness (QED) is 0.858. The number of hydrogen-bond donors (Lipinski definition) is 1. The Morgan fingerprint density at radius 2 is 1.74 bits per heavy atom. The normalized spacial score (nSPS) is 23.8. The monoisotopic (exact) mass is 334 g/mol. The summed E-state index contributed by atoms with van der Waals surface area (Å²) in [7, 11) is 0. The molecule has 0 radical (unpaired) electrons. The first-order valence-electron chi connectivity index (χ1n) is 7.93. The van der Waals surface area contributed by atoms with Crippen LogP contribution in [0.1, 0.15) is 31.2 Å². The lowest BCUT2D eigenvalue weighted by molar-refractivity contribution is -0.143. The Morgan fingerprint density at radius 3 is 2.35 bits per heavy atom. The molecule has 1 saturated carbocycles. The van der Waals surface area contributed by atoms with Crippen LogP contribution in [0.3, 0.4) is 0 Å². The number of nitrogens with zero attached hydrogens (tertiary/aromatic N) is 1. The zero-order valence-corrected chi connectivity index (χ0v) is 13.5. The molecule has 2 aliphatic rings. The predicted octanol–water partition coefficient (Wildman–Crippen LogP) is 2.13. The number of hydrogen-bond acceptors (Lipinski definition) is 3. The van der Waals surface area contributed by atoms with E-state index in [9.17, 15) is 14.4 Å². The Kier molecular flexibility index (Phi) is 4.66. The van der Waals surface area contributed by atoms with Crippen molar-refractivity contribution in [1.29, 1.82) is 0 Å². The largest absolute Gasteiger partial charge is 0.350 e. The van der Waals surface area contributed by atoms with E-state index in [2.05, 4.69) is 5.32 Å². The fourth-order valence-electron chi connectivity index (χ4n) is 3.42. The molecule has 0 unspecified atom stereocenters. The summed E-state index contributed by atoms with van der Waals surface area (Å²) in [6, 6.07) is 7.23. The molecule has 6 heteroatoms. The molecule has 0 spiro atoms. The number of imide groups is 1. The number of carbonyl (C=O) groups is 3. The van der Waals surface area contributed by atoms with Gasteiger partial charge in [-0.1, -0.05) is 42.6 Å². The number of nitrogens with one attached hydrogen (secondary N) is 1. The minimum atomic E-state index is -0.342. The molecule has 122 valence electrons. The second-order valence-electron chi connectivity index (χ2n) is 6.13. The number of rotatable bonds is 4. The van der Waals surface area contributed by atoms with E-state index < -0.39 is 0 Å². The van der Waals surface area contributed by atoms with Gasteiger partial charge in [-0.05, 0) is 24.5 Å². The molecule has 23 heavy (non-hydrogen) atoms. The Labute approximate surface area is 140 Å². The van der Waals surface area contributed by atoms with E-state index in [1.807, 2.05) is 18.2 Å². The molecule has 1 N–H and O–H groups in total. The Hall–Kier alpha value is -1.88. The maximum absolute atomic E-state index is 12.3. The van der Waals surface area contributed by atoms with Gasteiger partial charge in [0.25, 0.3) is 0 Å². The van der Waals surface area contributed by atoms with Crippen LogP contribution < -0.4 is 5.32 Å². The Morgan fingerprint density at radius 1 is 1.13 bits per heavy atom. The maximum atomic E-state index is 12.3. The lowest BCUT2D eigenvalue weighted by atomic mass is 9.81. The zero-order chi connectivity index (χ0) is 16.4. The van der Waals surface area contributed by atoms with Gasteiger partial charge in [0.15, 0.2) is 0 Å². The van der Waals surface area contributed by atoms with Crippen LogP contribution in [0.4, 0.5) is 0 Å². The maximum Gasteiger partial charge on any atom is 0.240 e. The van der Waals surface area contributed by atoms with Crippen LogP contribution in [0.5, 0.6) is 0 Å². The van der Waals surface area contributed by atoms with Gasteiger partial charge >= 0.3 is 0 Å². The van der Waals surface area contributed by atoms with E-state index in [1.54, 1.807) is 6.07 Å². The van der Waals surface area contributed by atoms with E-state index in [0.29, 0.717) is 5.02 Å². The van der Waals surface area contributed by atoms with Gasteiger partial charge in [0, 0.05) is 11.6 Å². The van der Waals surface area contributed by atoms with E-state index >= 15 is 0 Å². The van der Waals surface area contributed by atoms with Crippen molar-refractivity contribution in [3.8, 4) is 0 Å². The number of benzene rings is 1. The van der Waals surface area contributed by atoms with Crippen LogP contribution in [0.25, 0.3) is 0 Å². The lowest BCUT2D eigenvalue weighted by Gasteiger charge is -2.19. The summed E-state index contributed by atoms with van der Waals surface area (Å²) in [6.45, 7) is 0.0801. The van der Waals surface area contributed by atoms with Crippen molar-refractivity contribution in [2.45, 2.75) is 32.2 Å². The van der Waals surface area contributed by atoms with Crippen molar-refractivity contribution < 1.29 is 14.4 Å². The third-order valence-electron chi connectivity index (χ3n) is 4.67. The van der Waals surface area contributed by atoms with Crippen LogP contribution in [0.15, 0.2) is 24.3 Å². The zero-order valence-electron chi connectivity index (χ0n) is 12.8. The third kappa shape index (κ3) is 3.24. The number of fused-ring (bicyclic) bond motifs is 1. The fourth-order valence-corrected chi connectivity index (χ4v) is 3.62. The summed E-state index contributed by atoms with van der Waals surface area (Å²) in [6.07, 6.45) is 3.47. The lowest BCUT2D eigenvalue weighted by Crippen LogP contribution is -2.40. The minimum Gasteiger partial charge on any atom is -0.350 e. The molecule has 3 amide bonds. The standard InChI is InChI=1S/C17H19ClN2O3/c18-14-8-4-1-5-11(14)9-19-15(21)10-20-16(22)12-6-2-3-7-13(12)17(20)23/h1,4-5,8,12-13H,2-3,6-7,9-10H2,(H,19,21)/t12-,13-/m1/s1. The first-order valence-corrected chi connectivity index (χ1v) is 8.31. The molecule has 1 saturated heterocycles. The van der Waals surface area contributed by atoms with Gasteiger partial charge in [-0.15, -0.1) is 0 Å². The molecule has 1 heterocycles. The van der Waals surface area contributed by atoms with Crippen molar-refractivity contribution in [2.24, 2.45) is 11.8 Å². The highest BCUT2D eigenvalue weighted by Gasteiger charge is 2.48. The highest BCUT2D eigenvalue weighted by atomic mass is 35.5. The van der Waals surface area contributed by atoms with Gasteiger partial charge in [-0.25, -0.2) is 0 Å². The summed E-state index contributed by atoms with van der Waals surface area (Å²) in [5, 5.41) is 3.30. The number of amides is 3. The van der Waals surface area contributed by atoms with Crippen molar-refractivity contribution in [1.82, 2.24) is 10.2 Å². The molecular weight excluding hydrogens is 316 g/mol.